The van der Waals surface area contributed by atoms with E-state index in [1.165, 1.54) is 17.6 Å². The minimum atomic E-state index is 0. The van der Waals surface area contributed by atoms with Crippen LogP contribution in [0.3, 0.4) is 0 Å². The Hall–Kier alpha value is 0.454. The first-order valence-electron chi connectivity index (χ1n) is 5.94. The summed E-state index contributed by atoms with van der Waals surface area (Å²) in [6, 6.07) is 10.7. The summed E-state index contributed by atoms with van der Waals surface area (Å²) in [5.74, 6) is 1.52. The molecule has 0 bridgehead atoms. The summed E-state index contributed by atoms with van der Waals surface area (Å²) in [5.41, 5.74) is 1.40. The van der Waals surface area contributed by atoms with Gasteiger partial charge in [-0.15, -0.1) is 26.5 Å². The molecule has 0 aliphatic heterocycles. The summed E-state index contributed by atoms with van der Waals surface area (Å²) in [5, 5.41) is 0. The van der Waals surface area contributed by atoms with Crippen molar-refractivity contribution in [2.24, 2.45) is 0 Å². The first-order valence-corrected chi connectivity index (χ1v) is 8.36. The maximum Gasteiger partial charge on any atom is 0 e. The molecular formula is C16H21Cl3PV-5. The standard InChI is InChI=1S/C11H16P.C5H5.3ClH.V/c1-10(9-12(2)3)11-7-5-4-6-8-11;1-2-4-5-3-1;;;;/h4-8H,9H2,1-3H3;1-3H,4H2;3*1H;/q2*-1;;;;/p-3. The van der Waals surface area contributed by atoms with Gasteiger partial charge in [0.25, 0.3) is 0 Å². The third-order valence-corrected chi connectivity index (χ3v) is 3.51. The van der Waals surface area contributed by atoms with Crippen molar-refractivity contribution in [3.05, 3.63) is 66.1 Å². The SMILES string of the molecule is C[C-](CP(C)C)c1ccccc1.[C-]1=CC=CC1.[Cl-].[Cl-].[Cl-].[V]. The molecule has 1 aliphatic carbocycles. The van der Waals surface area contributed by atoms with Crippen LogP contribution in [0.1, 0.15) is 18.9 Å². The van der Waals surface area contributed by atoms with Crippen molar-refractivity contribution in [2.75, 3.05) is 19.5 Å². The van der Waals surface area contributed by atoms with Crippen molar-refractivity contribution in [2.45, 2.75) is 13.3 Å². The minimum Gasteiger partial charge on any atom is -1.00 e. The van der Waals surface area contributed by atoms with Crippen molar-refractivity contribution in [1.29, 1.82) is 0 Å². The van der Waals surface area contributed by atoms with Gasteiger partial charge in [-0.2, -0.15) is 29.7 Å². The van der Waals surface area contributed by atoms with Gasteiger partial charge in [0.2, 0.25) is 0 Å². The number of hydrogen-bond donors (Lipinski definition) is 0. The monoisotopic (exact) mass is 400 g/mol. The Morgan fingerprint density at radius 1 is 1.10 bits per heavy atom. The Balaban J connectivity index is -0.000000140. The molecule has 0 heterocycles. The molecule has 5 heteroatoms. The summed E-state index contributed by atoms with van der Waals surface area (Å²) in [7, 11) is 0.199. The molecule has 0 saturated heterocycles. The molecule has 1 radical (unpaired) electrons. The normalized spacial score (nSPS) is 10.1. The van der Waals surface area contributed by atoms with Crippen LogP contribution in [0.5, 0.6) is 0 Å². The van der Waals surface area contributed by atoms with Crippen LogP contribution in [0.15, 0.2) is 48.6 Å². The molecule has 1 aromatic rings. The minimum absolute atomic E-state index is 0. The molecule has 0 spiro atoms. The van der Waals surface area contributed by atoms with E-state index in [-0.39, 0.29) is 63.7 Å². The van der Waals surface area contributed by atoms with Crippen LogP contribution in [-0.2, 0) is 18.6 Å². The van der Waals surface area contributed by atoms with Gasteiger partial charge >= 0.3 is 0 Å². The fraction of sp³-hybridized carbons (Fsp3) is 0.312. The first kappa shape index (κ1) is 29.5. The first-order chi connectivity index (χ1) is 8.20. The maximum absolute atomic E-state index is 2.99. The van der Waals surface area contributed by atoms with Crippen LogP contribution >= 0.6 is 7.92 Å². The average Bonchev–Trinajstić information content (AvgIpc) is 2.88. The fourth-order valence-corrected chi connectivity index (χ4v) is 2.76. The van der Waals surface area contributed by atoms with E-state index in [2.05, 4.69) is 62.7 Å². The van der Waals surface area contributed by atoms with Crippen molar-refractivity contribution in [1.82, 2.24) is 0 Å². The third-order valence-electron chi connectivity index (χ3n) is 2.41. The zero-order chi connectivity index (χ0) is 12.5. The summed E-state index contributed by atoms with van der Waals surface area (Å²) < 4.78 is 0. The van der Waals surface area contributed by atoms with E-state index in [9.17, 15) is 0 Å². The third kappa shape index (κ3) is 15.1. The molecule has 0 aromatic heterocycles. The van der Waals surface area contributed by atoms with E-state index in [0.29, 0.717) is 0 Å². The van der Waals surface area contributed by atoms with Gasteiger partial charge < -0.3 is 37.2 Å². The van der Waals surface area contributed by atoms with Crippen molar-refractivity contribution < 1.29 is 55.8 Å². The van der Waals surface area contributed by atoms with E-state index < -0.39 is 0 Å². The molecule has 0 saturated carbocycles. The molecule has 0 fully saturated rings. The van der Waals surface area contributed by atoms with Gasteiger partial charge in [0.1, 0.15) is 0 Å². The van der Waals surface area contributed by atoms with Crippen LogP contribution in [-0.4, -0.2) is 19.5 Å². The summed E-state index contributed by atoms with van der Waals surface area (Å²) in [4.78, 5) is 0. The number of rotatable bonds is 3. The number of halogens is 3. The molecular weight excluding hydrogens is 380 g/mol. The van der Waals surface area contributed by atoms with Crippen molar-refractivity contribution in [3.63, 3.8) is 0 Å². The molecule has 0 atom stereocenters. The van der Waals surface area contributed by atoms with Gasteiger partial charge in [0.05, 0.1) is 0 Å². The van der Waals surface area contributed by atoms with Crippen molar-refractivity contribution >= 4 is 7.92 Å². The number of allylic oxidation sites excluding steroid dienone is 4. The van der Waals surface area contributed by atoms with Gasteiger partial charge in [-0.25, -0.2) is 12.2 Å². The predicted molar refractivity (Wildman–Crippen MR) is 79.7 cm³/mol. The second kappa shape index (κ2) is 18.5. The summed E-state index contributed by atoms with van der Waals surface area (Å²) in [6.07, 6.45) is 11.3. The quantitative estimate of drug-likeness (QED) is 0.355. The average molecular weight is 402 g/mol. The second-order valence-electron chi connectivity index (χ2n) is 4.39. The largest absolute Gasteiger partial charge is 1.00 e. The summed E-state index contributed by atoms with van der Waals surface area (Å²) >= 11 is 0. The molecule has 1 aliphatic rings. The van der Waals surface area contributed by atoms with Gasteiger partial charge in [0, 0.05) is 18.6 Å². The van der Waals surface area contributed by atoms with Crippen LogP contribution in [0.25, 0.3) is 0 Å². The predicted octanol–water partition coefficient (Wildman–Crippen LogP) is -4.31. The van der Waals surface area contributed by atoms with E-state index in [1.54, 1.807) is 0 Å². The van der Waals surface area contributed by atoms with Crippen LogP contribution in [0, 0.1) is 12.0 Å². The molecule has 21 heavy (non-hydrogen) atoms. The van der Waals surface area contributed by atoms with Gasteiger partial charge in [-0.1, -0.05) is 19.2 Å². The van der Waals surface area contributed by atoms with Crippen LogP contribution in [0.4, 0.5) is 0 Å². The van der Waals surface area contributed by atoms with E-state index in [4.69, 9.17) is 0 Å². The Morgan fingerprint density at radius 3 is 2.00 bits per heavy atom. The molecule has 2 rings (SSSR count). The zero-order valence-electron chi connectivity index (χ0n) is 12.6. The Kier molecular flexibility index (Phi) is 26.0. The van der Waals surface area contributed by atoms with Crippen LogP contribution in [0.2, 0.25) is 0 Å². The zero-order valence-corrected chi connectivity index (χ0v) is 17.1. The molecule has 1 aromatic carbocycles. The van der Waals surface area contributed by atoms with Crippen molar-refractivity contribution in [3.8, 4) is 0 Å². The smallest absolute Gasteiger partial charge is 0 e. The van der Waals surface area contributed by atoms with E-state index >= 15 is 0 Å². The Morgan fingerprint density at radius 2 is 1.67 bits per heavy atom. The summed E-state index contributed by atoms with van der Waals surface area (Å²) in [6.45, 7) is 6.88. The Bertz CT molecular complexity index is 357. The van der Waals surface area contributed by atoms with Gasteiger partial charge in [-0.3, -0.25) is 6.08 Å². The maximum atomic E-state index is 2.99. The molecule has 0 nitrogen and oxygen atoms in total. The molecule has 0 amide bonds. The molecule has 0 N–H and O–H groups in total. The Labute approximate surface area is 162 Å². The van der Waals surface area contributed by atoms with Gasteiger partial charge in [0.15, 0.2) is 0 Å². The second-order valence-corrected chi connectivity index (χ2v) is 6.86. The fourth-order valence-electron chi connectivity index (χ4n) is 1.63. The van der Waals surface area contributed by atoms with Gasteiger partial charge in [-0.05, 0) is 13.3 Å². The van der Waals surface area contributed by atoms with Crippen LogP contribution < -0.4 is 37.2 Å². The molecule has 0 unspecified atom stereocenters. The molecule has 121 valence electrons. The van der Waals surface area contributed by atoms with E-state index in [1.807, 2.05) is 12.2 Å². The number of hydrogen-bond acceptors (Lipinski definition) is 0. The topological polar surface area (TPSA) is 0 Å². The number of benzene rings is 1. The van der Waals surface area contributed by atoms with E-state index in [0.717, 1.165) is 6.42 Å².